The zero-order chi connectivity index (χ0) is 20.7. The van der Waals surface area contributed by atoms with Crippen LogP contribution in [0, 0.1) is 5.92 Å². The van der Waals surface area contributed by atoms with E-state index in [9.17, 15) is 14.4 Å². The predicted octanol–water partition coefficient (Wildman–Crippen LogP) is 3.91. The fourth-order valence-corrected chi connectivity index (χ4v) is 2.54. The van der Waals surface area contributed by atoms with Crippen LogP contribution in [0.15, 0.2) is 42.5 Å². The van der Waals surface area contributed by atoms with Gasteiger partial charge in [0.05, 0.1) is 13.5 Å². The Balaban J connectivity index is 1.90. The number of ketones is 1. The zero-order valence-corrected chi connectivity index (χ0v) is 16.7. The number of ether oxygens (including phenoxy) is 2. The van der Waals surface area contributed by atoms with Gasteiger partial charge in [0.15, 0.2) is 12.4 Å². The average molecular weight is 404 g/mol. The first kappa shape index (κ1) is 21.4. The largest absolute Gasteiger partial charge is 0.496 e. The van der Waals surface area contributed by atoms with Gasteiger partial charge in [-0.2, -0.15) is 0 Å². The number of carbonyl (C=O) groups excluding carboxylic acids is 3. The summed E-state index contributed by atoms with van der Waals surface area (Å²) in [5.41, 5.74) is 1.56. The monoisotopic (exact) mass is 403 g/mol. The molecule has 0 atom stereocenters. The first-order chi connectivity index (χ1) is 13.3. The molecule has 0 saturated carbocycles. The van der Waals surface area contributed by atoms with Crippen LogP contribution in [0.4, 0.5) is 5.69 Å². The summed E-state index contributed by atoms with van der Waals surface area (Å²) < 4.78 is 10.3. The first-order valence-electron chi connectivity index (χ1n) is 8.72. The molecule has 0 spiro atoms. The third-order valence-corrected chi connectivity index (χ3v) is 4.18. The summed E-state index contributed by atoms with van der Waals surface area (Å²) in [6.45, 7) is 3.21. The average Bonchev–Trinajstić information content (AvgIpc) is 2.66. The smallest absolute Gasteiger partial charge is 0.310 e. The molecule has 0 radical (unpaired) electrons. The van der Waals surface area contributed by atoms with E-state index >= 15 is 0 Å². The Hall–Kier alpha value is -2.86. The molecule has 0 unspecified atom stereocenters. The molecule has 28 heavy (non-hydrogen) atoms. The Labute approximate surface area is 168 Å². The summed E-state index contributed by atoms with van der Waals surface area (Å²) in [4.78, 5) is 35.9. The summed E-state index contributed by atoms with van der Waals surface area (Å²) in [7, 11) is 1.49. The van der Waals surface area contributed by atoms with Gasteiger partial charge in [-0.1, -0.05) is 25.4 Å². The molecule has 0 saturated heterocycles. The molecule has 0 bridgehead atoms. The van der Waals surface area contributed by atoms with E-state index in [0.717, 1.165) is 0 Å². The molecule has 7 heteroatoms. The fourth-order valence-electron chi connectivity index (χ4n) is 2.35. The van der Waals surface area contributed by atoms with E-state index in [2.05, 4.69) is 5.32 Å². The number of esters is 1. The number of hydrogen-bond donors (Lipinski definition) is 1. The van der Waals surface area contributed by atoms with Gasteiger partial charge < -0.3 is 14.8 Å². The van der Waals surface area contributed by atoms with Gasteiger partial charge in [0.25, 0.3) is 0 Å². The molecular weight excluding hydrogens is 382 g/mol. The van der Waals surface area contributed by atoms with Crippen LogP contribution in [0.2, 0.25) is 5.02 Å². The summed E-state index contributed by atoms with van der Waals surface area (Å²) in [5.74, 6) is -0.627. The molecule has 0 aliphatic heterocycles. The van der Waals surface area contributed by atoms with Gasteiger partial charge in [0.1, 0.15) is 5.75 Å². The molecule has 0 aliphatic rings. The normalized spacial score (nSPS) is 10.5. The van der Waals surface area contributed by atoms with Gasteiger partial charge in [0.2, 0.25) is 5.91 Å². The number of amides is 1. The van der Waals surface area contributed by atoms with Gasteiger partial charge >= 0.3 is 5.97 Å². The molecule has 2 aromatic rings. The van der Waals surface area contributed by atoms with Gasteiger partial charge in [-0.3, -0.25) is 14.4 Å². The van der Waals surface area contributed by atoms with E-state index < -0.39 is 5.97 Å². The van der Waals surface area contributed by atoms with E-state index in [0.29, 0.717) is 27.6 Å². The SMILES string of the molecule is COc1ccc(Cl)cc1CC(=O)OCC(=O)c1ccc(NC(=O)C(C)C)cc1. The predicted molar refractivity (Wildman–Crippen MR) is 107 cm³/mol. The zero-order valence-electron chi connectivity index (χ0n) is 16.0. The second kappa shape index (κ2) is 9.90. The molecule has 0 heterocycles. The van der Waals surface area contributed by atoms with Crippen molar-refractivity contribution in [3.8, 4) is 5.75 Å². The minimum Gasteiger partial charge on any atom is -0.496 e. The highest BCUT2D eigenvalue weighted by atomic mass is 35.5. The Morgan fingerprint density at radius 1 is 1.07 bits per heavy atom. The van der Waals surface area contributed by atoms with Gasteiger partial charge in [-0.15, -0.1) is 0 Å². The highest BCUT2D eigenvalue weighted by Crippen LogP contribution is 2.23. The van der Waals surface area contributed by atoms with E-state index in [1.807, 2.05) is 0 Å². The summed E-state index contributed by atoms with van der Waals surface area (Å²) in [5, 5.41) is 3.22. The number of methoxy groups -OCH3 is 1. The molecule has 0 aromatic heterocycles. The second-order valence-corrected chi connectivity index (χ2v) is 6.87. The maximum Gasteiger partial charge on any atom is 0.310 e. The minimum absolute atomic E-state index is 0.0583. The molecule has 148 valence electrons. The Morgan fingerprint density at radius 3 is 2.36 bits per heavy atom. The maximum atomic E-state index is 12.2. The van der Waals surface area contributed by atoms with Crippen LogP contribution in [-0.4, -0.2) is 31.4 Å². The van der Waals surface area contributed by atoms with Crippen molar-refractivity contribution in [3.05, 3.63) is 58.6 Å². The fraction of sp³-hybridized carbons (Fsp3) is 0.286. The Kier molecular flexibility index (Phi) is 7.58. The lowest BCUT2D eigenvalue weighted by Crippen LogP contribution is -2.18. The summed E-state index contributed by atoms with van der Waals surface area (Å²) >= 11 is 5.94. The lowest BCUT2D eigenvalue weighted by Gasteiger charge is -2.10. The third-order valence-electron chi connectivity index (χ3n) is 3.94. The lowest BCUT2D eigenvalue weighted by molar-refractivity contribution is -0.141. The quantitative estimate of drug-likeness (QED) is 0.533. The van der Waals surface area contributed by atoms with Crippen molar-refractivity contribution >= 4 is 34.9 Å². The van der Waals surface area contributed by atoms with Crippen molar-refractivity contribution in [2.24, 2.45) is 5.92 Å². The number of halogens is 1. The van der Waals surface area contributed by atoms with Crippen molar-refractivity contribution in [3.63, 3.8) is 0 Å². The number of benzene rings is 2. The number of hydrogen-bond acceptors (Lipinski definition) is 5. The van der Waals surface area contributed by atoms with Gasteiger partial charge in [0, 0.05) is 27.8 Å². The van der Waals surface area contributed by atoms with Crippen LogP contribution < -0.4 is 10.1 Å². The van der Waals surface area contributed by atoms with Crippen molar-refractivity contribution in [2.75, 3.05) is 19.0 Å². The van der Waals surface area contributed by atoms with Crippen molar-refractivity contribution in [1.29, 1.82) is 0 Å². The topological polar surface area (TPSA) is 81.7 Å². The number of rotatable bonds is 8. The number of anilines is 1. The van der Waals surface area contributed by atoms with Crippen molar-refractivity contribution < 1.29 is 23.9 Å². The maximum absolute atomic E-state index is 12.2. The van der Waals surface area contributed by atoms with Crippen molar-refractivity contribution in [2.45, 2.75) is 20.3 Å². The van der Waals surface area contributed by atoms with Crippen molar-refractivity contribution in [1.82, 2.24) is 0 Å². The highest BCUT2D eigenvalue weighted by molar-refractivity contribution is 6.30. The number of Topliss-reactive ketones (excluding diaryl/α,β-unsaturated/α-hetero) is 1. The Bertz CT molecular complexity index is 862. The van der Waals surface area contributed by atoms with E-state index in [4.69, 9.17) is 21.1 Å². The highest BCUT2D eigenvalue weighted by Gasteiger charge is 2.14. The molecule has 0 aliphatic carbocycles. The van der Waals surface area contributed by atoms with Gasteiger partial charge in [-0.25, -0.2) is 0 Å². The van der Waals surface area contributed by atoms with Crippen LogP contribution >= 0.6 is 11.6 Å². The summed E-state index contributed by atoms with van der Waals surface area (Å²) in [6, 6.07) is 11.4. The molecule has 2 aromatic carbocycles. The minimum atomic E-state index is -0.560. The van der Waals surface area contributed by atoms with Crippen LogP contribution in [-0.2, 0) is 20.7 Å². The molecule has 2 rings (SSSR count). The number of nitrogens with one attached hydrogen (secondary N) is 1. The van der Waals surface area contributed by atoms with Gasteiger partial charge in [-0.05, 0) is 42.5 Å². The molecule has 1 amide bonds. The number of carbonyl (C=O) groups is 3. The van der Waals surface area contributed by atoms with E-state index in [-0.39, 0.29) is 30.6 Å². The Morgan fingerprint density at radius 2 is 1.75 bits per heavy atom. The van der Waals surface area contributed by atoms with Crippen LogP contribution in [0.25, 0.3) is 0 Å². The summed E-state index contributed by atoms with van der Waals surface area (Å²) in [6.07, 6.45) is -0.0583. The lowest BCUT2D eigenvalue weighted by atomic mass is 10.1. The van der Waals surface area contributed by atoms with E-state index in [1.54, 1.807) is 56.3 Å². The van der Waals surface area contributed by atoms with Crippen LogP contribution in [0.3, 0.4) is 0 Å². The third kappa shape index (κ3) is 6.09. The first-order valence-corrected chi connectivity index (χ1v) is 9.10. The van der Waals surface area contributed by atoms with E-state index in [1.165, 1.54) is 7.11 Å². The molecular formula is C21H22ClNO5. The van der Waals surface area contributed by atoms with Crippen LogP contribution in [0.1, 0.15) is 29.8 Å². The van der Waals surface area contributed by atoms with Crippen LogP contribution in [0.5, 0.6) is 5.75 Å². The molecule has 6 nitrogen and oxygen atoms in total. The second-order valence-electron chi connectivity index (χ2n) is 6.44. The molecule has 0 fully saturated rings. The molecule has 1 N–H and O–H groups in total. The standard InChI is InChI=1S/C21H22ClNO5/c1-13(2)21(26)23-17-7-4-14(5-8-17)18(24)12-28-20(25)11-15-10-16(22)6-9-19(15)27-3/h4-10,13H,11-12H2,1-3H3,(H,23,26).